The molecular weight excluding hydrogens is 304 g/mol. The van der Waals surface area contributed by atoms with Crippen LogP contribution in [0.2, 0.25) is 0 Å². The predicted octanol–water partition coefficient (Wildman–Crippen LogP) is 0.599. The molecule has 1 amide bonds. The Kier molecular flexibility index (Phi) is 3.60. The minimum atomic E-state index is -0.497. The normalized spacial score (nSPS) is 16.0. The van der Waals surface area contributed by atoms with E-state index < -0.39 is 11.9 Å². The minimum Gasteiger partial charge on any atom is -0.454 e. The van der Waals surface area contributed by atoms with E-state index in [4.69, 9.17) is 30.6 Å². The van der Waals surface area contributed by atoms with Crippen molar-refractivity contribution in [2.24, 2.45) is 10.8 Å². The fourth-order valence-corrected chi connectivity index (χ4v) is 2.12. The lowest BCUT2D eigenvalue weighted by atomic mass is 10.2. The molecule has 1 aromatic rings. The number of nitrogens with zero attached hydrogens (tertiary/aromatic N) is 3. The van der Waals surface area contributed by atoms with Crippen LogP contribution in [0.3, 0.4) is 0 Å². The molecule has 0 unspecified atom stereocenters. The molecule has 2 aliphatic heterocycles. The van der Waals surface area contributed by atoms with Crippen LogP contribution < -0.4 is 25.5 Å². The van der Waals surface area contributed by atoms with E-state index in [-0.39, 0.29) is 19.1 Å². The number of carbonyl (C=O) groups is 1. The Bertz CT molecular complexity index is 754. The first-order valence-electron chi connectivity index (χ1n) is 6.56. The van der Waals surface area contributed by atoms with Crippen LogP contribution in [0.25, 0.3) is 0 Å². The Balaban J connectivity index is 1.99. The van der Waals surface area contributed by atoms with Crippen molar-refractivity contribution in [3.63, 3.8) is 0 Å². The van der Waals surface area contributed by atoms with E-state index in [2.05, 4.69) is 10.5 Å². The number of hydrazone groups is 1. The number of carbonyl (C=O) groups excluding carboxylic acids is 1. The van der Waals surface area contributed by atoms with Crippen LogP contribution in [0.15, 0.2) is 17.2 Å². The maximum Gasteiger partial charge on any atom is 0.414 e. The van der Waals surface area contributed by atoms with Gasteiger partial charge in [-0.3, -0.25) is 15.7 Å². The van der Waals surface area contributed by atoms with Gasteiger partial charge in [0.2, 0.25) is 12.5 Å². The van der Waals surface area contributed by atoms with Crippen LogP contribution in [0.1, 0.15) is 0 Å². The molecular formula is C13H12N6O4. The van der Waals surface area contributed by atoms with Crippen molar-refractivity contribution in [3.05, 3.63) is 12.1 Å². The smallest absolute Gasteiger partial charge is 0.414 e. The lowest BCUT2D eigenvalue weighted by Crippen LogP contribution is -2.25. The number of rotatable bonds is 4. The van der Waals surface area contributed by atoms with Gasteiger partial charge in [-0.2, -0.15) is 10.4 Å². The molecule has 2 heterocycles. The summed E-state index contributed by atoms with van der Waals surface area (Å²) in [7, 11) is 0. The van der Waals surface area contributed by atoms with Gasteiger partial charge in [-0.25, -0.2) is 4.79 Å². The molecule has 0 spiro atoms. The Hall–Kier alpha value is -3.48. The molecule has 0 atom stereocenters. The number of hydrogen-bond acceptors (Lipinski definition) is 8. The Morgan fingerprint density at radius 3 is 2.74 bits per heavy atom. The van der Waals surface area contributed by atoms with E-state index >= 15 is 0 Å². The standard InChI is InChI=1S/C13H12N6O4/c14-5-8(12(15)16)18-17-7-3-10-11(23-6-22-10)4-9(7)19-1-2-21-13(19)20/h3-4,17H,1-2,6H2,(H3,15,16)/b18-8+. The largest absolute Gasteiger partial charge is 0.454 e. The summed E-state index contributed by atoms with van der Waals surface area (Å²) in [6.45, 7) is 0.713. The second kappa shape index (κ2) is 5.72. The topological polar surface area (TPSA) is 146 Å². The van der Waals surface area contributed by atoms with Gasteiger partial charge < -0.3 is 19.9 Å². The van der Waals surface area contributed by atoms with Crippen LogP contribution in [0.4, 0.5) is 16.2 Å². The van der Waals surface area contributed by atoms with Crippen molar-refractivity contribution in [1.82, 2.24) is 0 Å². The van der Waals surface area contributed by atoms with E-state index in [1.807, 2.05) is 0 Å². The molecule has 1 saturated heterocycles. The highest BCUT2D eigenvalue weighted by Gasteiger charge is 2.28. The summed E-state index contributed by atoms with van der Waals surface area (Å²) in [4.78, 5) is 13.2. The highest BCUT2D eigenvalue weighted by molar-refractivity contribution is 6.45. The Morgan fingerprint density at radius 2 is 2.13 bits per heavy atom. The van der Waals surface area contributed by atoms with Crippen LogP contribution >= 0.6 is 0 Å². The van der Waals surface area contributed by atoms with Crippen molar-refractivity contribution in [2.45, 2.75) is 0 Å². The number of anilines is 2. The molecule has 10 nitrogen and oxygen atoms in total. The predicted molar refractivity (Wildman–Crippen MR) is 79.8 cm³/mol. The first-order chi connectivity index (χ1) is 11.1. The lowest BCUT2D eigenvalue weighted by Gasteiger charge is -2.17. The number of amidine groups is 1. The van der Waals surface area contributed by atoms with Gasteiger partial charge in [-0.1, -0.05) is 0 Å². The second-order valence-corrected chi connectivity index (χ2v) is 4.59. The highest BCUT2D eigenvalue weighted by atomic mass is 16.7. The number of nitrogens with two attached hydrogens (primary N) is 1. The van der Waals surface area contributed by atoms with E-state index in [9.17, 15) is 4.79 Å². The van der Waals surface area contributed by atoms with Gasteiger partial charge in [-0.15, -0.1) is 0 Å². The van der Waals surface area contributed by atoms with E-state index in [1.54, 1.807) is 18.2 Å². The summed E-state index contributed by atoms with van der Waals surface area (Å²) >= 11 is 0. The Labute approximate surface area is 130 Å². The van der Waals surface area contributed by atoms with E-state index in [0.29, 0.717) is 29.4 Å². The van der Waals surface area contributed by atoms with Crippen molar-refractivity contribution in [3.8, 4) is 17.6 Å². The van der Waals surface area contributed by atoms with Crippen LogP contribution in [0, 0.1) is 16.7 Å². The lowest BCUT2D eigenvalue weighted by molar-refractivity contribution is 0.174. The Morgan fingerprint density at radius 1 is 1.39 bits per heavy atom. The molecule has 0 radical (unpaired) electrons. The molecule has 0 aromatic heterocycles. The first-order valence-corrected chi connectivity index (χ1v) is 6.56. The third-order valence-corrected chi connectivity index (χ3v) is 3.19. The van der Waals surface area contributed by atoms with Crippen LogP contribution in [0.5, 0.6) is 11.5 Å². The molecule has 3 rings (SSSR count). The number of hydrogen-bond donors (Lipinski definition) is 3. The number of nitriles is 1. The average molecular weight is 316 g/mol. The SMILES string of the molecule is N#C/C(=N\Nc1cc2c(cc1N1CCOC1=O)OCO2)C(=N)N. The van der Waals surface area contributed by atoms with E-state index in [0.717, 1.165) is 0 Å². The van der Waals surface area contributed by atoms with Crippen molar-refractivity contribution < 1.29 is 19.0 Å². The van der Waals surface area contributed by atoms with Gasteiger partial charge in [0.15, 0.2) is 17.3 Å². The number of nitrogens with one attached hydrogen (secondary N) is 2. The van der Waals surface area contributed by atoms with Crippen molar-refractivity contribution in [1.29, 1.82) is 10.7 Å². The van der Waals surface area contributed by atoms with Gasteiger partial charge in [-0.05, 0) is 0 Å². The molecule has 0 bridgehead atoms. The average Bonchev–Trinajstić information content (AvgIpc) is 3.14. The summed E-state index contributed by atoms with van der Waals surface area (Å²) in [6.07, 6.45) is -0.497. The third kappa shape index (κ3) is 2.67. The summed E-state index contributed by atoms with van der Waals surface area (Å²) in [5.41, 5.74) is 8.45. The van der Waals surface area contributed by atoms with Gasteiger partial charge in [0, 0.05) is 12.1 Å². The van der Waals surface area contributed by atoms with E-state index in [1.165, 1.54) is 4.90 Å². The van der Waals surface area contributed by atoms with Gasteiger partial charge in [0.25, 0.3) is 0 Å². The minimum absolute atomic E-state index is 0.0723. The first kappa shape index (κ1) is 14.5. The summed E-state index contributed by atoms with van der Waals surface area (Å²) in [6, 6.07) is 4.90. The fourth-order valence-electron chi connectivity index (χ4n) is 2.12. The zero-order chi connectivity index (χ0) is 16.4. The number of fused-ring (bicyclic) bond motifs is 1. The number of ether oxygens (including phenoxy) is 3. The molecule has 0 aliphatic carbocycles. The monoisotopic (exact) mass is 316 g/mol. The van der Waals surface area contributed by atoms with Crippen molar-refractivity contribution in [2.75, 3.05) is 30.3 Å². The van der Waals surface area contributed by atoms with Gasteiger partial charge in [0.05, 0.1) is 17.9 Å². The molecule has 1 aromatic carbocycles. The number of amides is 1. The maximum atomic E-state index is 11.8. The van der Waals surface area contributed by atoms with Crippen molar-refractivity contribution >= 4 is 29.0 Å². The molecule has 4 N–H and O–H groups in total. The molecule has 1 fully saturated rings. The summed E-state index contributed by atoms with van der Waals surface area (Å²) < 4.78 is 15.5. The highest BCUT2D eigenvalue weighted by Crippen LogP contribution is 2.41. The van der Waals surface area contributed by atoms with Crippen LogP contribution in [-0.4, -0.2) is 37.6 Å². The maximum absolute atomic E-state index is 11.8. The summed E-state index contributed by atoms with van der Waals surface area (Å²) in [5.74, 6) is 0.490. The molecule has 2 aliphatic rings. The zero-order valence-electron chi connectivity index (χ0n) is 11.8. The van der Waals surface area contributed by atoms with Gasteiger partial charge in [0.1, 0.15) is 12.7 Å². The zero-order valence-corrected chi connectivity index (χ0v) is 11.8. The molecule has 118 valence electrons. The fraction of sp³-hybridized carbons (Fsp3) is 0.231. The second-order valence-electron chi connectivity index (χ2n) is 4.59. The van der Waals surface area contributed by atoms with Gasteiger partial charge >= 0.3 is 6.09 Å². The quantitative estimate of drug-likeness (QED) is 0.418. The molecule has 10 heteroatoms. The molecule has 0 saturated carbocycles. The molecule has 23 heavy (non-hydrogen) atoms. The summed E-state index contributed by atoms with van der Waals surface area (Å²) in [5, 5.41) is 19.9. The number of benzene rings is 1. The third-order valence-electron chi connectivity index (χ3n) is 3.19. The number of cyclic esters (lactones) is 1. The van der Waals surface area contributed by atoms with Crippen LogP contribution in [-0.2, 0) is 4.74 Å².